The van der Waals surface area contributed by atoms with E-state index in [0.29, 0.717) is 0 Å². The van der Waals surface area contributed by atoms with Crippen molar-refractivity contribution >= 4 is 17.2 Å². The highest BCUT2D eigenvalue weighted by atomic mass is 32.1. The summed E-state index contributed by atoms with van der Waals surface area (Å²) in [4.78, 5) is 14.9. The van der Waals surface area contributed by atoms with Crippen LogP contribution in [0.15, 0.2) is 42.5 Å². The van der Waals surface area contributed by atoms with E-state index in [1.165, 1.54) is 16.2 Å². The predicted octanol–water partition coefficient (Wildman–Crippen LogP) is 3.11. The van der Waals surface area contributed by atoms with Gasteiger partial charge in [0.2, 0.25) is 5.91 Å². The maximum absolute atomic E-state index is 12.6. The minimum atomic E-state index is -2.52. The first-order valence-corrected chi connectivity index (χ1v) is 7.43. The molecule has 1 amide bonds. The Balaban J connectivity index is 1.84. The molecule has 21 heavy (non-hydrogen) atoms. The lowest BCUT2D eigenvalue weighted by Gasteiger charge is -2.22. The van der Waals surface area contributed by atoms with Crippen LogP contribution in [0.4, 0.5) is 8.78 Å². The zero-order valence-electron chi connectivity index (χ0n) is 11.1. The van der Waals surface area contributed by atoms with E-state index in [1.807, 2.05) is 42.5 Å². The molecule has 1 aromatic heterocycles. The van der Waals surface area contributed by atoms with Crippen molar-refractivity contribution < 1.29 is 13.6 Å². The van der Waals surface area contributed by atoms with Crippen molar-refractivity contribution in [1.29, 1.82) is 0 Å². The van der Waals surface area contributed by atoms with Crippen LogP contribution in [0.3, 0.4) is 0 Å². The highest BCUT2D eigenvalue weighted by molar-refractivity contribution is 7.15. The number of rotatable bonds is 4. The van der Waals surface area contributed by atoms with Gasteiger partial charge >= 0.3 is 0 Å². The Kier molecular flexibility index (Phi) is 3.98. The second-order valence-corrected chi connectivity index (χ2v) is 5.90. The van der Waals surface area contributed by atoms with Crippen LogP contribution in [0, 0.1) is 0 Å². The van der Waals surface area contributed by atoms with Gasteiger partial charge in [0.1, 0.15) is 6.17 Å². The van der Waals surface area contributed by atoms with Gasteiger partial charge in [-0.1, -0.05) is 30.3 Å². The molecular weight excluding hydrogens is 294 g/mol. The summed E-state index contributed by atoms with van der Waals surface area (Å²) in [5.74, 6) is -0.282. The van der Waals surface area contributed by atoms with Crippen LogP contribution >= 0.6 is 11.3 Å². The summed E-state index contributed by atoms with van der Waals surface area (Å²) in [6.07, 6.45) is -2.97. The van der Waals surface area contributed by atoms with Crippen LogP contribution in [-0.4, -0.2) is 30.3 Å². The molecule has 2 heterocycles. The summed E-state index contributed by atoms with van der Waals surface area (Å²) in [5, 5.41) is 3.00. The summed E-state index contributed by atoms with van der Waals surface area (Å²) < 4.78 is 25.2. The van der Waals surface area contributed by atoms with Crippen molar-refractivity contribution in [2.45, 2.75) is 12.6 Å². The highest BCUT2D eigenvalue weighted by Gasteiger charge is 2.34. The van der Waals surface area contributed by atoms with Crippen LogP contribution in [-0.2, 0) is 4.79 Å². The molecule has 1 unspecified atom stereocenters. The monoisotopic (exact) mass is 308 g/mol. The van der Waals surface area contributed by atoms with E-state index in [1.54, 1.807) is 0 Å². The number of thiophene rings is 1. The first-order valence-electron chi connectivity index (χ1n) is 6.61. The number of amides is 1. The van der Waals surface area contributed by atoms with Crippen LogP contribution in [0.5, 0.6) is 0 Å². The van der Waals surface area contributed by atoms with Gasteiger partial charge in [-0.05, 0) is 17.7 Å². The number of carbonyl (C=O) groups excluding carboxylic acids is 1. The van der Waals surface area contributed by atoms with Crippen molar-refractivity contribution in [3.05, 3.63) is 47.3 Å². The lowest BCUT2D eigenvalue weighted by Crippen LogP contribution is -2.33. The topological polar surface area (TPSA) is 32.3 Å². The van der Waals surface area contributed by atoms with Gasteiger partial charge < -0.3 is 4.90 Å². The largest absolute Gasteiger partial charge is 0.315 e. The summed E-state index contributed by atoms with van der Waals surface area (Å²) in [5.41, 5.74) is 1.08. The van der Waals surface area contributed by atoms with E-state index in [0.717, 1.165) is 15.3 Å². The lowest BCUT2D eigenvalue weighted by molar-refractivity contribution is -0.129. The number of hydrogen-bond donors (Lipinski definition) is 1. The fourth-order valence-corrected chi connectivity index (χ4v) is 3.51. The standard InChI is InChI=1S/C15H14F2N2OS/c16-13(17)9-19-14(20)8-18-15(19)12-7-6-11(21-12)10-4-2-1-3-5-10/h1-7,13,15,18H,8-9H2. The van der Waals surface area contributed by atoms with Gasteiger partial charge in [0.25, 0.3) is 6.43 Å². The molecule has 6 heteroatoms. The molecular formula is C15H14F2N2OS. The Hall–Kier alpha value is -1.79. The molecule has 1 fully saturated rings. The SMILES string of the molecule is O=C1CNC(c2ccc(-c3ccccc3)s2)N1CC(F)F. The van der Waals surface area contributed by atoms with Crippen LogP contribution in [0.1, 0.15) is 11.0 Å². The van der Waals surface area contributed by atoms with E-state index in [-0.39, 0.29) is 12.5 Å². The third-order valence-corrected chi connectivity index (χ3v) is 4.55. The minimum Gasteiger partial charge on any atom is -0.315 e. The molecule has 3 rings (SSSR count). The van der Waals surface area contributed by atoms with Crippen LogP contribution in [0.25, 0.3) is 10.4 Å². The number of alkyl halides is 2. The Morgan fingerprint density at radius 2 is 2.00 bits per heavy atom. The van der Waals surface area contributed by atoms with Gasteiger partial charge in [0.05, 0.1) is 13.1 Å². The minimum absolute atomic E-state index is 0.107. The molecule has 1 aromatic carbocycles. The first kappa shape index (κ1) is 14.2. The molecule has 0 spiro atoms. The Morgan fingerprint density at radius 3 is 2.71 bits per heavy atom. The van der Waals surface area contributed by atoms with Gasteiger partial charge in [0.15, 0.2) is 0 Å². The van der Waals surface area contributed by atoms with Crippen LogP contribution in [0.2, 0.25) is 0 Å². The smallest absolute Gasteiger partial charge is 0.255 e. The second kappa shape index (κ2) is 5.91. The van der Waals surface area contributed by atoms with Gasteiger partial charge in [0, 0.05) is 9.75 Å². The molecule has 1 N–H and O–H groups in total. The van der Waals surface area contributed by atoms with Crippen molar-refractivity contribution in [2.24, 2.45) is 0 Å². The third-order valence-electron chi connectivity index (χ3n) is 3.37. The third kappa shape index (κ3) is 2.96. The molecule has 1 atom stereocenters. The van der Waals surface area contributed by atoms with E-state index in [2.05, 4.69) is 5.32 Å². The zero-order chi connectivity index (χ0) is 14.8. The molecule has 0 saturated carbocycles. The zero-order valence-corrected chi connectivity index (χ0v) is 11.9. The summed E-state index contributed by atoms with van der Waals surface area (Å²) in [6.45, 7) is -0.426. The van der Waals surface area contributed by atoms with Gasteiger partial charge in [-0.15, -0.1) is 11.3 Å². The second-order valence-electron chi connectivity index (χ2n) is 4.79. The fourth-order valence-electron chi connectivity index (χ4n) is 2.41. The maximum atomic E-state index is 12.6. The molecule has 1 saturated heterocycles. The summed E-state index contributed by atoms with van der Waals surface area (Å²) in [7, 11) is 0. The van der Waals surface area contributed by atoms with Gasteiger partial charge in [-0.2, -0.15) is 0 Å². The van der Waals surface area contributed by atoms with E-state index in [4.69, 9.17) is 0 Å². The number of nitrogens with one attached hydrogen (secondary N) is 1. The van der Waals surface area contributed by atoms with Crippen molar-refractivity contribution in [1.82, 2.24) is 10.2 Å². The fraction of sp³-hybridized carbons (Fsp3) is 0.267. The van der Waals surface area contributed by atoms with E-state index in [9.17, 15) is 13.6 Å². The Bertz CT molecular complexity index is 630. The average molecular weight is 308 g/mol. The van der Waals surface area contributed by atoms with Crippen molar-refractivity contribution in [3.63, 3.8) is 0 Å². The molecule has 0 radical (unpaired) electrons. The molecule has 0 aliphatic carbocycles. The molecule has 1 aliphatic rings. The Morgan fingerprint density at radius 1 is 1.24 bits per heavy atom. The van der Waals surface area contributed by atoms with Gasteiger partial charge in [-0.25, -0.2) is 8.78 Å². The predicted molar refractivity (Wildman–Crippen MR) is 78.2 cm³/mol. The van der Waals surface area contributed by atoms with Gasteiger partial charge in [-0.3, -0.25) is 10.1 Å². The van der Waals surface area contributed by atoms with Crippen LogP contribution < -0.4 is 5.32 Å². The molecule has 2 aromatic rings. The quantitative estimate of drug-likeness (QED) is 0.941. The van der Waals surface area contributed by atoms with Crippen molar-refractivity contribution in [3.8, 4) is 10.4 Å². The molecule has 0 bridgehead atoms. The van der Waals surface area contributed by atoms with E-state index >= 15 is 0 Å². The molecule has 110 valence electrons. The lowest BCUT2D eigenvalue weighted by atomic mass is 10.2. The average Bonchev–Trinajstić information content (AvgIpc) is 3.08. The Labute approximate surface area is 125 Å². The number of halogens is 2. The molecule has 1 aliphatic heterocycles. The highest BCUT2D eigenvalue weighted by Crippen LogP contribution is 2.34. The van der Waals surface area contributed by atoms with E-state index < -0.39 is 19.1 Å². The normalized spacial score (nSPS) is 18.7. The summed E-state index contributed by atoms with van der Waals surface area (Å²) in [6, 6.07) is 13.7. The number of nitrogens with zero attached hydrogens (tertiary/aromatic N) is 1. The number of carbonyl (C=O) groups is 1. The molecule has 3 nitrogen and oxygen atoms in total. The summed E-state index contributed by atoms with van der Waals surface area (Å²) >= 11 is 1.51. The first-order chi connectivity index (χ1) is 10.1. The van der Waals surface area contributed by atoms with Crippen molar-refractivity contribution in [2.75, 3.05) is 13.1 Å². The number of hydrogen-bond acceptors (Lipinski definition) is 3. The maximum Gasteiger partial charge on any atom is 0.255 e. The number of benzene rings is 1.